The molecule has 2 aromatic carbocycles. The van der Waals surface area contributed by atoms with Gasteiger partial charge in [0.05, 0.1) is 11.8 Å². The third-order valence-electron chi connectivity index (χ3n) is 7.10. The first kappa shape index (κ1) is 23.1. The largest absolute Gasteiger partial charge is 0.458 e. The standard InChI is InChI=1S/C29H28O6/c1-15-5-6-21-12-19(7-8-20(21)9-15)17(3)27(30)34-24-11-16(2)10-23-13-22(29(32)33-23)14-25-26(24)18(4)28(31)35-25/h5-9,11-13,17,23-26H,4,10,14H2,1-3H3/b16-11+/t17-,23+,24+,25?,26-/m0/s1. The first-order valence-electron chi connectivity index (χ1n) is 11.9. The molecule has 5 rings (SSSR count). The van der Waals surface area contributed by atoms with Crippen molar-refractivity contribution in [3.05, 3.63) is 83.0 Å². The topological polar surface area (TPSA) is 78.9 Å². The van der Waals surface area contributed by atoms with Crippen LogP contribution in [0.4, 0.5) is 0 Å². The van der Waals surface area contributed by atoms with Crippen LogP contribution in [0.3, 0.4) is 0 Å². The van der Waals surface area contributed by atoms with Crippen molar-refractivity contribution < 1.29 is 28.6 Å². The van der Waals surface area contributed by atoms with Crippen LogP contribution in [0, 0.1) is 12.8 Å². The molecular formula is C29H28O6. The third-order valence-corrected chi connectivity index (χ3v) is 7.10. The molecule has 5 atom stereocenters. The summed E-state index contributed by atoms with van der Waals surface area (Å²) >= 11 is 0. The van der Waals surface area contributed by atoms with Gasteiger partial charge in [-0.05, 0) is 49.3 Å². The Morgan fingerprint density at radius 2 is 1.74 bits per heavy atom. The molecule has 0 radical (unpaired) electrons. The van der Waals surface area contributed by atoms with E-state index in [1.807, 2.05) is 57.2 Å². The lowest BCUT2D eigenvalue weighted by molar-refractivity contribution is -0.151. The number of ether oxygens (including phenoxy) is 3. The molecule has 1 fully saturated rings. The summed E-state index contributed by atoms with van der Waals surface area (Å²) in [6.45, 7) is 9.68. The van der Waals surface area contributed by atoms with Gasteiger partial charge in [0, 0.05) is 24.0 Å². The van der Waals surface area contributed by atoms with Crippen molar-refractivity contribution in [3.8, 4) is 0 Å². The fourth-order valence-corrected chi connectivity index (χ4v) is 5.14. The molecule has 2 aliphatic heterocycles. The molecule has 6 nitrogen and oxygen atoms in total. The van der Waals surface area contributed by atoms with Gasteiger partial charge in [0.1, 0.15) is 18.3 Å². The van der Waals surface area contributed by atoms with Crippen LogP contribution >= 0.6 is 0 Å². The van der Waals surface area contributed by atoms with E-state index >= 15 is 0 Å². The smallest absolute Gasteiger partial charge is 0.334 e. The number of hydrogen-bond donors (Lipinski definition) is 0. The van der Waals surface area contributed by atoms with Gasteiger partial charge in [0.2, 0.25) is 0 Å². The molecule has 2 heterocycles. The number of rotatable bonds is 3. The van der Waals surface area contributed by atoms with Gasteiger partial charge in [-0.2, -0.15) is 0 Å². The van der Waals surface area contributed by atoms with E-state index in [0.29, 0.717) is 12.0 Å². The van der Waals surface area contributed by atoms with E-state index < -0.39 is 42.0 Å². The van der Waals surface area contributed by atoms with Crippen LogP contribution in [0.1, 0.15) is 43.7 Å². The molecule has 1 aliphatic carbocycles. The van der Waals surface area contributed by atoms with E-state index in [0.717, 1.165) is 21.9 Å². The Kier molecular flexibility index (Phi) is 5.83. The first-order chi connectivity index (χ1) is 16.7. The highest BCUT2D eigenvalue weighted by atomic mass is 16.6. The molecule has 2 aromatic rings. The number of carbonyl (C=O) groups excluding carboxylic acids is 3. The monoisotopic (exact) mass is 472 g/mol. The Hall–Kier alpha value is -3.67. The Balaban J connectivity index is 1.43. The van der Waals surface area contributed by atoms with E-state index in [4.69, 9.17) is 14.2 Å². The molecular weight excluding hydrogens is 444 g/mol. The Morgan fingerprint density at radius 3 is 2.54 bits per heavy atom. The van der Waals surface area contributed by atoms with E-state index in [9.17, 15) is 14.4 Å². The second-order valence-electron chi connectivity index (χ2n) is 9.78. The third kappa shape index (κ3) is 4.41. The van der Waals surface area contributed by atoms with Crippen LogP contribution in [0.25, 0.3) is 10.8 Å². The van der Waals surface area contributed by atoms with Gasteiger partial charge in [-0.3, -0.25) is 4.79 Å². The number of carbonyl (C=O) groups is 3. The maximum atomic E-state index is 13.3. The average molecular weight is 473 g/mol. The molecule has 0 saturated carbocycles. The lowest BCUT2D eigenvalue weighted by Gasteiger charge is -2.27. The van der Waals surface area contributed by atoms with E-state index in [1.165, 1.54) is 5.56 Å². The summed E-state index contributed by atoms with van der Waals surface area (Å²) in [4.78, 5) is 38.1. The molecule has 0 spiro atoms. The van der Waals surface area contributed by atoms with Crippen LogP contribution in [0.2, 0.25) is 0 Å². The summed E-state index contributed by atoms with van der Waals surface area (Å²) in [5.74, 6) is -2.43. The molecule has 6 heteroatoms. The van der Waals surface area contributed by atoms with Crippen LogP contribution in [-0.4, -0.2) is 36.2 Å². The van der Waals surface area contributed by atoms with Crippen LogP contribution in [0.15, 0.2) is 71.8 Å². The number of hydrogen-bond acceptors (Lipinski definition) is 6. The SMILES string of the molecule is C=C1C(=O)OC2CC3=C[C@@H](C/C(C)=C/[C@@H](OC(=O)[C@@H](C)c4ccc5cc(C)ccc5c4)[C@H]12)OC3=O. The highest BCUT2D eigenvalue weighted by Gasteiger charge is 2.46. The summed E-state index contributed by atoms with van der Waals surface area (Å²) in [5.41, 5.74) is 3.64. The normalized spacial score (nSPS) is 28.4. The molecule has 35 heavy (non-hydrogen) atoms. The van der Waals surface area contributed by atoms with Crippen molar-refractivity contribution in [2.45, 2.75) is 57.8 Å². The predicted octanol–water partition coefficient (Wildman–Crippen LogP) is 4.85. The minimum absolute atomic E-state index is 0.200. The minimum atomic E-state index is -0.745. The second-order valence-corrected chi connectivity index (χ2v) is 9.78. The summed E-state index contributed by atoms with van der Waals surface area (Å²) in [5, 5.41) is 2.17. The van der Waals surface area contributed by atoms with E-state index in [-0.39, 0.29) is 18.1 Å². The molecule has 0 aromatic heterocycles. The van der Waals surface area contributed by atoms with Gasteiger partial charge < -0.3 is 14.2 Å². The maximum absolute atomic E-state index is 13.3. The van der Waals surface area contributed by atoms with Gasteiger partial charge in [0.15, 0.2) is 0 Å². The molecule has 0 N–H and O–H groups in total. The van der Waals surface area contributed by atoms with Crippen molar-refractivity contribution >= 4 is 28.7 Å². The molecule has 2 bridgehead atoms. The predicted molar refractivity (Wildman–Crippen MR) is 130 cm³/mol. The number of benzene rings is 2. The highest BCUT2D eigenvalue weighted by Crippen LogP contribution is 2.39. The molecule has 3 aliphatic rings. The maximum Gasteiger partial charge on any atom is 0.334 e. The fourth-order valence-electron chi connectivity index (χ4n) is 5.14. The van der Waals surface area contributed by atoms with E-state index in [2.05, 4.69) is 12.6 Å². The van der Waals surface area contributed by atoms with Crippen LogP contribution in [0.5, 0.6) is 0 Å². The van der Waals surface area contributed by atoms with Crippen molar-refractivity contribution in [2.24, 2.45) is 5.92 Å². The molecule has 1 unspecified atom stereocenters. The average Bonchev–Trinajstić information content (AvgIpc) is 3.29. The van der Waals surface area contributed by atoms with Crippen molar-refractivity contribution in [1.29, 1.82) is 0 Å². The lowest BCUT2D eigenvalue weighted by atomic mass is 9.85. The first-order valence-corrected chi connectivity index (χ1v) is 11.9. The molecule has 1 saturated heterocycles. The summed E-state index contributed by atoms with van der Waals surface area (Å²) in [7, 11) is 0. The summed E-state index contributed by atoms with van der Waals surface area (Å²) < 4.78 is 17.0. The second kappa shape index (κ2) is 8.84. The zero-order chi connectivity index (χ0) is 24.9. The van der Waals surface area contributed by atoms with E-state index in [1.54, 1.807) is 6.08 Å². The number of esters is 3. The fraction of sp³-hybridized carbons (Fsp3) is 0.345. The Bertz CT molecular complexity index is 1320. The number of aryl methyl sites for hydroxylation is 1. The molecule has 0 amide bonds. The van der Waals surface area contributed by atoms with Gasteiger partial charge in [-0.1, -0.05) is 54.1 Å². The lowest BCUT2D eigenvalue weighted by Crippen LogP contribution is -2.34. The van der Waals surface area contributed by atoms with Gasteiger partial charge in [-0.25, -0.2) is 9.59 Å². The van der Waals surface area contributed by atoms with Gasteiger partial charge in [-0.15, -0.1) is 0 Å². The quantitative estimate of drug-likeness (QED) is 0.275. The summed E-state index contributed by atoms with van der Waals surface area (Å²) in [6, 6.07) is 12.2. The Labute approximate surface area is 204 Å². The van der Waals surface area contributed by atoms with Crippen molar-refractivity contribution in [1.82, 2.24) is 0 Å². The van der Waals surface area contributed by atoms with Crippen molar-refractivity contribution in [2.75, 3.05) is 0 Å². The highest BCUT2D eigenvalue weighted by molar-refractivity contribution is 5.93. The summed E-state index contributed by atoms with van der Waals surface area (Å²) in [6.07, 6.45) is 2.54. The zero-order valence-electron chi connectivity index (χ0n) is 20.1. The number of fused-ring (bicyclic) bond motifs is 3. The van der Waals surface area contributed by atoms with Gasteiger partial charge in [0.25, 0.3) is 0 Å². The minimum Gasteiger partial charge on any atom is -0.458 e. The zero-order valence-corrected chi connectivity index (χ0v) is 20.1. The van der Waals surface area contributed by atoms with Gasteiger partial charge >= 0.3 is 17.9 Å². The van der Waals surface area contributed by atoms with Crippen LogP contribution < -0.4 is 0 Å². The molecule has 180 valence electrons. The Morgan fingerprint density at radius 1 is 1.00 bits per heavy atom. The van der Waals surface area contributed by atoms with Crippen molar-refractivity contribution in [3.63, 3.8) is 0 Å². The van der Waals surface area contributed by atoms with Crippen LogP contribution in [-0.2, 0) is 28.6 Å².